The number of benzene rings is 1. The maximum Gasteiger partial charge on any atom is 0.337 e. The number of ether oxygens (including phenoxy) is 2. The summed E-state index contributed by atoms with van der Waals surface area (Å²) < 4.78 is 12.4. The summed E-state index contributed by atoms with van der Waals surface area (Å²) in [6, 6.07) is 13.0. The molecular weight excluding hydrogens is 312 g/mol. The summed E-state index contributed by atoms with van der Waals surface area (Å²) in [7, 11) is 1.36. The Kier molecular flexibility index (Phi) is 4.83. The minimum Gasteiger partial charge on any atom is -0.493 e. The lowest BCUT2D eigenvalue weighted by atomic mass is 10.2. The largest absolute Gasteiger partial charge is 0.493 e. The van der Waals surface area contributed by atoms with Crippen molar-refractivity contribution in [3.8, 4) is 5.75 Å². The lowest BCUT2D eigenvalue weighted by molar-refractivity contribution is 0.0600. The number of methoxy groups -OCH3 is 1. The van der Waals surface area contributed by atoms with Crippen molar-refractivity contribution in [3.63, 3.8) is 0 Å². The zero-order chi connectivity index (χ0) is 16.1. The van der Waals surface area contributed by atoms with Gasteiger partial charge in [-0.1, -0.05) is 23.9 Å². The predicted molar refractivity (Wildman–Crippen MR) is 89.2 cm³/mol. The number of nitrogens with zero attached hydrogens (tertiary/aromatic N) is 2. The standard InChI is InChI=1S/C17H16N2O3S/c1-21-16(20)13-5-4-7-15(11-13)22-9-10-23-17-18-12-14-6-2-3-8-19(14)17/h2-8,11-12H,9-10H2,1H3. The van der Waals surface area contributed by atoms with Gasteiger partial charge in [-0.05, 0) is 30.3 Å². The summed E-state index contributed by atoms with van der Waals surface area (Å²) in [6.07, 6.45) is 3.84. The zero-order valence-corrected chi connectivity index (χ0v) is 13.5. The molecule has 0 saturated heterocycles. The number of esters is 1. The Hall–Kier alpha value is -2.47. The van der Waals surface area contributed by atoms with E-state index in [9.17, 15) is 4.79 Å². The molecule has 3 rings (SSSR count). The van der Waals surface area contributed by atoms with Gasteiger partial charge in [0.2, 0.25) is 0 Å². The molecule has 118 valence electrons. The Bertz CT molecular complexity index is 816. The number of carbonyl (C=O) groups excluding carboxylic acids is 1. The summed E-state index contributed by atoms with van der Waals surface area (Å²) >= 11 is 1.63. The van der Waals surface area contributed by atoms with E-state index in [-0.39, 0.29) is 5.97 Å². The van der Waals surface area contributed by atoms with E-state index < -0.39 is 0 Å². The van der Waals surface area contributed by atoms with Crippen LogP contribution in [-0.4, -0.2) is 34.8 Å². The van der Waals surface area contributed by atoms with Crippen molar-refractivity contribution >= 4 is 23.2 Å². The Labute approximate surface area is 138 Å². The molecular formula is C17H16N2O3S. The molecule has 0 N–H and O–H groups in total. The van der Waals surface area contributed by atoms with Crippen LogP contribution in [0.4, 0.5) is 0 Å². The Morgan fingerprint density at radius 1 is 1.26 bits per heavy atom. The quantitative estimate of drug-likeness (QED) is 0.395. The van der Waals surface area contributed by atoms with Crippen molar-refractivity contribution in [1.29, 1.82) is 0 Å². The number of hydrogen-bond donors (Lipinski definition) is 0. The van der Waals surface area contributed by atoms with Crippen LogP contribution in [0.1, 0.15) is 10.4 Å². The van der Waals surface area contributed by atoms with Gasteiger partial charge in [0.05, 0.1) is 31.0 Å². The average Bonchev–Trinajstić information content (AvgIpc) is 3.01. The average molecular weight is 328 g/mol. The molecule has 0 amide bonds. The van der Waals surface area contributed by atoms with Gasteiger partial charge in [0.25, 0.3) is 0 Å². The van der Waals surface area contributed by atoms with Crippen LogP contribution in [0.3, 0.4) is 0 Å². The minimum atomic E-state index is -0.367. The molecule has 0 spiro atoms. The summed E-state index contributed by atoms with van der Waals surface area (Å²) in [5, 5.41) is 0.938. The molecule has 0 aliphatic rings. The Morgan fingerprint density at radius 3 is 3.04 bits per heavy atom. The van der Waals surface area contributed by atoms with Crippen LogP contribution in [0.5, 0.6) is 5.75 Å². The topological polar surface area (TPSA) is 52.8 Å². The van der Waals surface area contributed by atoms with Crippen LogP contribution in [-0.2, 0) is 4.74 Å². The molecule has 0 aliphatic heterocycles. The molecule has 0 saturated carbocycles. The van der Waals surface area contributed by atoms with Crippen molar-refractivity contribution in [2.75, 3.05) is 19.5 Å². The monoisotopic (exact) mass is 328 g/mol. The highest BCUT2D eigenvalue weighted by Crippen LogP contribution is 2.19. The number of imidazole rings is 1. The van der Waals surface area contributed by atoms with Gasteiger partial charge in [0, 0.05) is 11.9 Å². The molecule has 23 heavy (non-hydrogen) atoms. The number of aromatic nitrogens is 2. The number of rotatable bonds is 6. The fraction of sp³-hybridized carbons (Fsp3) is 0.176. The second kappa shape index (κ2) is 7.19. The molecule has 6 heteroatoms. The number of carbonyl (C=O) groups is 1. The number of thioether (sulfide) groups is 1. The van der Waals surface area contributed by atoms with Crippen LogP contribution in [0.15, 0.2) is 60.0 Å². The third-order valence-corrected chi connectivity index (χ3v) is 4.17. The lowest BCUT2D eigenvalue weighted by Gasteiger charge is -2.07. The van der Waals surface area contributed by atoms with Crippen LogP contribution in [0, 0.1) is 0 Å². The van der Waals surface area contributed by atoms with Crippen LogP contribution in [0.2, 0.25) is 0 Å². The van der Waals surface area contributed by atoms with Gasteiger partial charge in [0.15, 0.2) is 5.16 Å². The third kappa shape index (κ3) is 3.65. The van der Waals surface area contributed by atoms with E-state index in [0.29, 0.717) is 17.9 Å². The van der Waals surface area contributed by atoms with Crippen LogP contribution >= 0.6 is 11.8 Å². The summed E-state index contributed by atoms with van der Waals surface area (Å²) in [6.45, 7) is 0.525. The van der Waals surface area contributed by atoms with Gasteiger partial charge in [-0.15, -0.1) is 0 Å². The molecule has 5 nitrogen and oxygen atoms in total. The first-order valence-electron chi connectivity index (χ1n) is 7.14. The molecule has 2 heterocycles. The summed E-state index contributed by atoms with van der Waals surface area (Å²) in [4.78, 5) is 15.9. The second-order valence-electron chi connectivity index (χ2n) is 4.75. The number of pyridine rings is 1. The molecule has 0 atom stereocenters. The van der Waals surface area contributed by atoms with E-state index in [4.69, 9.17) is 9.47 Å². The van der Waals surface area contributed by atoms with Gasteiger partial charge >= 0.3 is 5.97 Å². The predicted octanol–water partition coefficient (Wildman–Crippen LogP) is 3.29. The maximum absolute atomic E-state index is 11.5. The van der Waals surface area contributed by atoms with E-state index in [2.05, 4.69) is 4.98 Å². The number of fused-ring (bicyclic) bond motifs is 1. The molecule has 3 aromatic rings. The van der Waals surface area contributed by atoms with Gasteiger partial charge in [0.1, 0.15) is 5.75 Å². The highest BCUT2D eigenvalue weighted by atomic mass is 32.2. The first kappa shape index (κ1) is 15.4. The first-order chi connectivity index (χ1) is 11.3. The van der Waals surface area contributed by atoms with E-state index in [1.807, 2.05) is 41.1 Å². The second-order valence-corrected chi connectivity index (χ2v) is 5.81. The first-order valence-corrected chi connectivity index (χ1v) is 8.12. The molecule has 0 fully saturated rings. The van der Waals surface area contributed by atoms with Gasteiger partial charge < -0.3 is 9.47 Å². The molecule has 0 bridgehead atoms. The van der Waals surface area contributed by atoms with E-state index in [1.165, 1.54) is 7.11 Å². The van der Waals surface area contributed by atoms with Crippen LogP contribution in [0.25, 0.3) is 5.52 Å². The number of hydrogen-bond acceptors (Lipinski definition) is 5. The fourth-order valence-electron chi connectivity index (χ4n) is 2.15. The third-order valence-electron chi connectivity index (χ3n) is 3.24. The minimum absolute atomic E-state index is 0.367. The van der Waals surface area contributed by atoms with Gasteiger partial charge in [-0.25, -0.2) is 9.78 Å². The molecule has 2 aromatic heterocycles. The molecule has 1 aromatic carbocycles. The van der Waals surface area contributed by atoms with Crippen molar-refractivity contribution < 1.29 is 14.3 Å². The smallest absolute Gasteiger partial charge is 0.337 e. The van der Waals surface area contributed by atoms with Crippen molar-refractivity contribution in [3.05, 3.63) is 60.4 Å². The van der Waals surface area contributed by atoms with E-state index in [1.54, 1.807) is 30.0 Å². The zero-order valence-electron chi connectivity index (χ0n) is 12.6. The molecule has 0 aliphatic carbocycles. The SMILES string of the molecule is COC(=O)c1cccc(OCCSc2ncc3ccccn23)c1. The highest BCUT2D eigenvalue weighted by molar-refractivity contribution is 7.99. The lowest BCUT2D eigenvalue weighted by Crippen LogP contribution is -2.04. The van der Waals surface area contributed by atoms with E-state index in [0.717, 1.165) is 16.4 Å². The maximum atomic E-state index is 11.5. The molecule has 0 unspecified atom stereocenters. The summed E-state index contributed by atoms with van der Waals surface area (Å²) in [5.74, 6) is 1.05. The molecule has 0 radical (unpaired) electrons. The Morgan fingerprint density at radius 2 is 2.17 bits per heavy atom. The summed E-state index contributed by atoms with van der Waals surface area (Å²) in [5.41, 5.74) is 1.55. The Balaban J connectivity index is 1.55. The van der Waals surface area contributed by atoms with Crippen molar-refractivity contribution in [2.45, 2.75) is 5.16 Å². The highest BCUT2D eigenvalue weighted by Gasteiger charge is 2.07. The van der Waals surface area contributed by atoms with Crippen molar-refractivity contribution in [1.82, 2.24) is 9.38 Å². The van der Waals surface area contributed by atoms with E-state index >= 15 is 0 Å². The normalized spacial score (nSPS) is 10.7. The van der Waals surface area contributed by atoms with Gasteiger partial charge in [-0.3, -0.25) is 4.40 Å². The van der Waals surface area contributed by atoms with Crippen molar-refractivity contribution in [2.24, 2.45) is 0 Å². The van der Waals surface area contributed by atoms with Gasteiger partial charge in [-0.2, -0.15) is 0 Å². The fourth-order valence-corrected chi connectivity index (χ4v) is 2.93. The van der Waals surface area contributed by atoms with Crippen LogP contribution < -0.4 is 4.74 Å².